The van der Waals surface area contributed by atoms with E-state index in [-0.39, 0.29) is 24.2 Å². The van der Waals surface area contributed by atoms with Crippen molar-refractivity contribution >= 4 is 23.3 Å². The number of Topliss-reactive ketones (excluding diaryl/α,β-unsaturated/α-hetero) is 1. The molecule has 0 saturated heterocycles. The number of rotatable bonds is 7. The van der Waals surface area contributed by atoms with E-state index in [0.717, 1.165) is 0 Å². The Morgan fingerprint density at radius 3 is 2.04 bits per heavy atom. The predicted molar refractivity (Wildman–Crippen MR) is 99.6 cm³/mol. The van der Waals surface area contributed by atoms with Crippen molar-refractivity contribution in [2.24, 2.45) is 0 Å². The van der Waals surface area contributed by atoms with Gasteiger partial charge in [0.25, 0.3) is 11.8 Å². The Balaban J connectivity index is 1.87. The highest BCUT2D eigenvalue weighted by atomic mass is 16.5. The number of benzene rings is 2. The van der Waals surface area contributed by atoms with Gasteiger partial charge in [0, 0.05) is 37.3 Å². The molecule has 0 aliphatic carbocycles. The number of ketones is 1. The summed E-state index contributed by atoms with van der Waals surface area (Å²) in [5.74, 6) is 0.159. The SMILES string of the molecule is CCC(=O)c1ccc(OCC(=O)Nc2ccc(C(=O)N(C)C)cc2)cc1. The van der Waals surface area contributed by atoms with E-state index in [1.165, 1.54) is 4.90 Å². The van der Waals surface area contributed by atoms with E-state index in [9.17, 15) is 14.4 Å². The highest BCUT2D eigenvalue weighted by Crippen LogP contribution is 2.14. The van der Waals surface area contributed by atoms with E-state index < -0.39 is 0 Å². The fourth-order valence-corrected chi connectivity index (χ4v) is 2.24. The molecule has 0 aliphatic rings. The van der Waals surface area contributed by atoms with Crippen molar-refractivity contribution in [1.82, 2.24) is 4.90 Å². The molecule has 1 N–H and O–H groups in total. The van der Waals surface area contributed by atoms with Crippen molar-refractivity contribution in [3.05, 3.63) is 59.7 Å². The molecule has 0 unspecified atom stereocenters. The molecule has 2 rings (SSSR count). The van der Waals surface area contributed by atoms with Gasteiger partial charge in [-0.25, -0.2) is 0 Å². The largest absolute Gasteiger partial charge is 0.484 e. The topological polar surface area (TPSA) is 75.7 Å². The van der Waals surface area contributed by atoms with Gasteiger partial charge >= 0.3 is 0 Å². The van der Waals surface area contributed by atoms with Crippen LogP contribution in [0.2, 0.25) is 0 Å². The molecular formula is C20H22N2O4. The third-order valence-corrected chi connectivity index (χ3v) is 3.69. The predicted octanol–water partition coefficient (Wildman–Crippen LogP) is 3.00. The maximum absolute atomic E-state index is 12.0. The molecule has 0 aliphatic heterocycles. The third-order valence-electron chi connectivity index (χ3n) is 3.69. The molecule has 0 fully saturated rings. The smallest absolute Gasteiger partial charge is 0.262 e. The Bertz CT molecular complexity index is 780. The second-order valence-electron chi connectivity index (χ2n) is 5.91. The van der Waals surface area contributed by atoms with Crippen molar-refractivity contribution in [3.63, 3.8) is 0 Å². The number of nitrogens with zero attached hydrogens (tertiary/aromatic N) is 1. The number of amides is 2. The maximum atomic E-state index is 12.0. The van der Waals surface area contributed by atoms with Crippen molar-refractivity contribution in [2.75, 3.05) is 26.0 Å². The van der Waals surface area contributed by atoms with E-state index in [1.807, 2.05) is 0 Å². The zero-order valence-corrected chi connectivity index (χ0v) is 15.1. The number of carbonyl (C=O) groups is 3. The number of hydrogen-bond donors (Lipinski definition) is 1. The van der Waals surface area contributed by atoms with E-state index in [1.54, 1.807) is 69.6 Å². The summed E-state index contributed by atoms with van der Waals surface area (Å²) in [4.78, 5) is 36.8. The molecule has 6 nitrogen and oxygen atoms in total. The lowest BCUT2D eigenvalue weighted by Gasteiger charge is -2.11. The van der Waals surface area contributed by atoms with Crippen LogP contribution in [0.1, 0.15) is 34.1 Å². The van der Waals surface area contributed by atoms with Crippen LogP contribution in [-0.4, -0.2) is 43.2 Å². The van der Waals surface area contributed by atoms with Gasteiger partial charge in [0.05, 0.1) is 0 Å². The molecule has 0 aromatic heterocycles. The number of ether oxygens (including phenoxy) is 1. The third kappa shape index (κ3) is 5.17. The monoisotopic (exact) mass is 354 g/mol. The van der Waals surface area contributed by atoms with E-state index >= 15 is 0 Å². The number of carbonyl (C=O) groups excluding carboxylic acids is 3. The van der Waals surface area contributed by atoms with Crippen LogP contribution >= 0.6 is 0 Å². The maximum Gasteiger partial charge on any atom is 0.262 e. The van der Waals surface area contributed by atoms with Gasteiger partial charge in [0.2, 0.25) is 0 Å². The van der Waals surface area contributed by atoms with E-state index in [2.05, 4.69) is 5.32 Å². The van der Waals surface area contributed by atoms with Crippen LogP contribution in [0.3, 0.4) is 0 Å². The standard InChI is InChI=1S/C20H22N2O4/c1-4-18(23)14-7-11-17(12-8-14)26-13-19(24)21-16-9-5-15(6-10-16)20(25)22(2)3/h5-12H,4,13H2,1-3H3,(H,21,24). The molecule has 0 bridgehead atoms. The van der Waals surface area contributed by atoms with Gasteiger partial charge in [-0.15, -0.1) is 0 Å². The van der Waals surface area contributed by atoms with Gasteiger partial charge in [-0.3, -0.25) is 14.4 Å². The van der Waals surface area contributed by atoms with Crippen LogP contribution in [0.5, 0.6) is 5.75 Å². The van der Waals surface area contributed by atoms with Crippen LogP contribution in [0.4, 0.5) is 5.69 Å². The van der Waals surface area contributed by atoms with Gasteiger partial charge < -0.3 is 15.0 Å². The first-order valence-corrected chi connectivity index (χ1v) is 8.28. The Morgan fingerprint density at radius 1 is 0.923 bits per heavy atom. The molecule has 26 heavy (non-hydrogen) atoms. The van der Waals surface area contributed by atoms with Crippen molar-refractivity contribution in [1.29, 1.82) is 0 Å². The lowest BCUT2D eigenvalue weighted by molar-refractivity contribution is -0.118. The minimum absolute atomic E-state index is 0.0606. The first-order chi connectivity index (χ1) is 12.4. The fourth-order valence-electron chi connectivity index (χ4n) is 2.24. The summed E-state index contributed by atoms with van der Waals surface area (Å²) < 4.78 is 5.42. The summed E-state index contributed by atoms with van der Waals surface area (Å²) in [5, 5.41) is 2.70. The first-order valence-electron chi connectivity index (χ1n) is 8.28. The molecule has 2 aromatic carbocycles. The normalized spacial score (nSPS) is 10.1. The Morgan fingerprint density at radius 2 is 1.50 bits per heavy atom. The van der Waals surface area contributed by atoms with Crippen molar-refractivity contribution in [3.8, 4) is 5.75 Å². The summed E-state index contributed by atoms with van der Waals surface area (Å²) in [6.07, 6.45) is 0.446. The van der Waals surface area contributed by atoms with Gasteiger partial charge in [0.15, 0.2) is 12.4 Å². The highest BCUT2D eigenvalue weighted by molar-refractivity contribution is 5.96. The van der Waals surface area contributed by atoms with E-state index in [0.29, 0.717) is 29.0 Å². The zero-order valence-electron chi connectivity index (χ0n) is 15.1. The van der Waals surface area contributed by atoms with Gasteiger partial charge in [-0.2, -0.15) is 0 Å². The Hall–Kier alpha value is -3.15. The summed E-state index contributed by atoms with van der Waals surface area (Å²) in [6.45, 7) is 1.65. The molecule has 0 radical (unpaired) electrons. The molecule has 0 spiro atoms. The van der Waals surface area contributed by atoms with Gasteiger partial charge in [0.1, 0.15) is 5.75 Å². The van der Waals surface area contributed by atoms with Crippen LogP contribution in [-0.2, 0) is 4.79 Å². The number of nitrogens with one attached hydrogen (secondary N) is 1. The summed E-state index contributed by atoms with van der Waals surface area (Å²) in [5.41, 5.74) is 1.75. The van der Waals surface area contributed by atoms with E-state index in [4.69, 9.17) is 4.74 Å². The zero-order chi connectivity index (χ0) is 19.1. The van der Waals surface area contributed by atoms with Crippen molar-refractivity contribution < 1.29 is 19.1 Å². The molecule has 0 atom stereocenters. The Kier molecular flexibility index (Phi) is 6.49. The number of anilines is 1. The van der Waals surface area contributed by atoms with Gasteiger partial charge in [-0.05, 0) is 48.5 Å². The molecule has 2 amide bonds. The van der Waals surface area contributed by atoms with Crippen LogP contribution in [0.25, 0.3) is 0 Å². The fraction of sp³-hybridized carbons (Fsp3) is 0.250. The number of hydrogen-bond acceptors (Lipinski definition) is 4. The quantitative estimate of drug-likeness (QED) is 0.776. The lowest BCUT2D eigenvalue weighted by Crippen LogP contribution is -2.22. The molecule has 6 heteroatoms. The summed E-state index contributed by atoms with van der Waals surface area (Å²) in [6, 6.07) is 13.3. The lowest BCUT2D eigenvalue weighted by atomic mass is 10.1. The van der Waals surface area contributed by atoms with Crippen LogP contribution in [0.15, 0.2) is 48.5 Å². The molecule has 0 heterocycles. The minimum atomic E-state index is -0.314. The molecule has 136 valence electrons. The average Bonchev–Trinajstić information content (AvgIpc) is 2.66. The molecular weight excluding hydrogens is 332 g/mol. The molecule has 0 saturated carbocycles. The summed E-state index contributed by atoms with van der Waals surface area (Å²) >= 11 is 0. The minimum Gasteiger partial charge on any atom is -0.484 e. The second kappa shape index (κ2) is 8.80. The summed E-state index contributed by atoms with van der Waals surface area (Å²) in [7, 11) is 3.36. The Labute approximate surface area is 152 Å². The van der Waals surface area contributed by atoms with Crippen LogP contribution in [0, 0.1) is 0 Å². The molecule has 2 aromatic rings. The second-order valence-corrected chi connectivity index (χ2v) is 5.91. The van der Waals surface area contributed by atoms with Crippen molar-refractivity contribution in [2.45, 2.75) is 13.3 Å². The van der Waals surface area contributed by atoms with Gasteiger partial charge in [-0.1, -0.05) is 6.92 Å². The first kappa shape index (κ1) is 19.2. The highest BCUT2D eigenvalue weighted by Gasteiger charge is 2.09. The average molecular weight is 354 g/mol. The van der Waals surface area contributed by atoms with Crippen LogP contribution < -0.4 is 10.1 Å².